The van der Waals surface area contributed by atoms with Crippen molar-refractivity contribution in [3.8, 4) is 0 Å². The summed E-state index contributed by atoms with van der Waals surface area (Å²) in [4.78, 5) is 11.3. The molecular weight excluding hydrogens is 238 g/mol. The molecule has 94 valence electrons. The van der Waals surface area contributed by atoms with E-state index in [1.54, 1.807) is 6.92 Å². The number of benzene rings is 1. The molecule has 0 aliphatic rings. The fraction of sp³-hybridized carbons (Fsp3) is 0.462. The highest BCUT2D eigenvalue weighted by atomic mass is 35.5. The van der Waals surface area contributed by atoms with Crippen molar-refractivity contribution < 1.29 is 9.53 Å². The maximum atomic E-state index is 11.3. The molecule has 0 saturated heterocycles. The second-order valence-electron chi connectivity index (χ2n) is 4.02. The average molecular weight is 256 g/mol. The van der Waals surface area contributed by atoms with E-state index in [1.165, 1.54) is 0 Å². The molecule has 1 rings (SSSR count). The third-order valence-corrected chi connectivity index (χ3v) is 2.77. The maximum Gasteiger partial charge on any atom is 0.307 e. The van der Waals surface area contributed by atoms with Crippen molar-refractivity contribution in [3.05, 3.63) is 28.8 Å². The molecule has 1 aromatic rings. The topological polar surface area (TPSA) is 38.3 Å². The Morgan fingerprint density at radius 2 is 2.24 bits per heavy atom. The van der Waals surface area contributed by atoms with E-state index < -0.39 is 0 Å². The van der Waals surface area contributed by atoms with E-state index in [1.807, 2.05) is 32.0 Å². The van der Waals surface area contributed by atoms with Crippen molar-refractivity contribution >= 4 is 23.3 Å². The zero-order chi connectivity index (χ0) is 12.8. The monoisotopic (exact) mass is 255 g/mol. The molecule has 0 saturated carbocycles. The summed E-state index contributed by atoms with van der Waals surface area (Å²) >= 11 is 6.02. The minimum absolute atomic E-state index is 0.0211. The van der Waals surface area contributed by atoms with Gasteiger partial charge in [0.15, 0.2) is 0 Å². The van der Waals surface area contributed by atoms with Gasteiger partial charge >= 0.3 is 5.97 Å². The van der Waals surface area contributed by atoms with Crippen molar-refractivity contribution in [2.24, 2.45) is 0 Å². The average Bonchev–Trinajstić information content (AvgIpc) is 2.23. The quantitative estimate of drug-likeness (QED) is 0.820. The van der Waals surface area contributed by atoms with E-state index in [2.05, 4.69) is 5.32 Å². The van der Waals surface area contributed by atoms with E-state index in [0.29, 0.717) is 13.0 Å². The molecule has 0 aliphatic heterocycles. The molecule has 0 spiro atoms. The van der Waals surface area contributed by atoms with Crippen LogP contribution in [-0.4, -0.2) is 18.6 Å². The van der Waals surface area contributed by atoms with Crippen LogP contribution in [0.3, 0.4) is 0 Å². The van der Waals surface area contributed by atoms with Gasteiger partial charge in [0, 0.05) is 16.8 Å². The van der Waals surface area contributed by atoms with E-state index in [0.717, 1.165) is 16.3 Å². The lowest BCUT2D eigenvalue weighted by molar-refractivity contribution is -0.143. The molecule has 0 radical (unpaired) electrons. The first-order chi connectivity index (χ1) is 8.02. The third kappa shape index (κ3) is 4.65. The number of halogens is 1. The summed E-state index contributed by atoms with van der Waals surface area (Å²) in [6.07, 6.45) is 0.347. The summed E-state index contributed by atoms with van der Waals surface area (Å²) in [7, 11) is 0. The number of carbonyl (C=O) groups excluding carboxylic acids is 1. The zero-order valence-corrected chi connectivity index (χ0v) is 11.2. The molecule has 0 aliphatic carbocycles. The molecule has 17 heavy (non-hydrogen) atoms. The number of hydrogen-bond acceptors (Lipinski definition) is 3. The smallest absolute Gasteiger partial charge is 0.307 e. The van der Waals surface area contributed by atoms with Crippen molar-refractivity contribution in [2.45, 2.75) is 33.2 Å². The molecular formula is C13H18ClNO2. The molecule has 0 amide bonds. The molecule has 1 N–H and O–H groups in total. The van der Waals surface area contributed by atoms with Gasteiger partial charge < -0.3 is 10.1 Å². The first-order valence-corrected chi connectivity index (χ1v) is 6.09. The highest BCUT2D eigenvalue weighted by molar-refractivity contribution is 6.31. The number of rotatable bonds is 5. The second-order valence-corrected chi connectivity index (χ2v) is 4.43. The highest BCUT2D eigenvalue weighted by Gasteiger charge is 2.09. The van der Waals surface area contributed by atoms with Crippen LogP contribution in [0.2, 0.25) is 5.02 Å². The zero-order valence-electron chi connectivity index (χ0n) is 10.4. The van der Waals surface area contributed by atoms with Crippen LogP contribution < -0.4 is 5.32 Å². The van der Waals surface area contributed by atoms with Crippen molar-refractivity contribution in [1.82, 2.24) is 0 Å². The van der Waals surface area contributed by atoms with Crippen LogP contribution in [-0.2, 0) is 9.53 Å². The normalized spacial score (nSPS) is 12.0. The van der Waals surface area contributed by atoms with E-state index in [-0.39, 0.29) is 12.0 Å². The number of aryl methyl sites for hydroxylation is 1. The fourth-order valence-corrected chi connectivity index (χ4v) is 1.67. The maximum absolute atomic E-state index is 11.3. The van der Waals surface area contributed by atoms with Gasteiger partial charge in [-0.1, -0.05) is 17.7 Å². The molecule has 1 atom stereocenters. The SMILES string of the molecule is CCOC(=O)CC(C)Nc1ccc(C)c(Cl)c1. The highest BCUT2D eigenvalue weighted by Crippen LogP contribution is 2.20. The van der Waals surface area contributed by atoms with Gasteiger partial charge in [-0.2, -0.15) is 0 Å². The summed E-state index contributed by atoms with van der Waals surface area (Å²) in [5.74, 6) is -0.189. The number of hydrogen-bond donors (Lipinski definition) is 1. The molecule has 4 heteroatoms. The molecule has 3 nitrogen and oxygen atoms in total. The molecule has 0 bridgehead atoms. The van der Waals surface area contributed by atoms with Gasteiger partial charge in [-0.25, -0.2) is 0 Å². The van der Waals surface area contributed by atoms with E-state index in [4.69, 9.17) is 16.3 Å². The molecule has 0 fully saturated rings. The first-order valence-electron chi connectivity index (χ1n) is 5.71. The van der Waals surface area contributed by atoms with Crippen molar-refractivity contribution in [1.29, 1.82) is 0 Å². The fourth-order valence-electron chi connectivity index (χ4n) is 1.49. The van der Waals surface area contributed by atoms with Crippen LogP contribution in [0.25, 0.3) is 0 Å². The predicted molar refractivity (Wildman–Crippen MR) is 70.5 cm³/mol. The molecule has 0 heterocycles. The second kappa shape index (κ2) is 6.50. The third-order valence-electron chi connectivity index (χ3n) is 2.36. The van der Waals surface area contributed by atoms with Crippen LogP contribution in [0.15, 0.2) is 18.2 Å². The summed E-state index contributed by atoms with van der Waals surface area (Å²) in [6, 6.07) is 5.77. The standard InChI is InChI=1S/C13H18ClNO2/c1-4-17-13(16)7-10(3)15-11-6-5-9(2)12(14)8-11/h5-6,8,10,15H,4,7H2,1-3H3. The summed E-state index contributed by atoms with van der Waals surface area (Å²) in [6.45, 7) is 6.11. The Balaban J connectivity index is 2.53. The van der Waals surface area contributed by atoms with Gasteiger partial charge in [0.05, 0.1) is 13.0 Å². The number of esters is 1. The summed E-state index contributed by atoms with van der Waals surface area (Å²) < 4.78 is 4.89. The van der Waals surface area contributed by atoms with Gasteiger partial charge in [-0.3, -0.25) is 4.79 Å². The van der Waals surface area contributed by atoms with Crippen LogP contribution in [0, 0.1) is 6.92 Å². The Morgan fingerprint density at radius 3 is 2.82 bits per heavy atom. The van der Waals surface area contributed by atoms with Crippen molar-refractivity contribution in [3.63, 3.8) is 0 Å². The van der Waals surface area contributed by atoms with Gasteiger partial charge in [-0.05, 0) is 38.5 Å². The van der Waals surface area contributed by atoms with Crippen LogP contribution >= 0.6 is 11.6 Å². The minimum atomic E-state index is -0.189. The summed E-state index contributed by atoms with van der Waals surface area (Å²) in [5, 5.41) is 3.93. The first kappa shape index (κ1) is 13.8. The lowest BCUT2D eigenvalue weighted by Gasteiger charge is -2.15. The van der Waals surface area contributed by atoms with Gasteiger partial charge in [0.2, 0.25) is 0 Å². The van der Waals surface area contributed by atoms with Crippen LogP contribution in [0.4, 0.5) is 5.69 Å². The number of nitrogens with one attached hydrogen (secondary N) is 1. The lowest BCUT2D eigenvalue weighted by atomic mass is 10.2. The predicted octanol–water partition coefficient (Wildman–Crippen LogP) is 3.40. The van der Waals surface area contributed by atoms with Gasteiger partial charge in [0.1, 0.15) is 0 Å². The minimum Gasteiger partial charge on any atom is -0.466 e. The van der Waals surface area contributed by atoms with Crippen LogP contribution in [0.1, 0.15) is 25.8 Å². The molecule has 1 aromatic carbocycles. The lowest BCUT2D eigenvalue weighted by Crippen LogP contribution is -2.21. The Hall–Kier alpha value is -1.22. The number of carbonyl (C=O) groups is 1. The number of anilines is 1. The Kier molecular flexibility index (Phi) is 5.29. The van der Waals surface area contributed by atoms with Gasteiger partial charge in [0.25, 0.3) is 0 Å². The van der Waals surface area contributed by atoms with Crippen LogP contribution in [0.5, 0.6) is 0 Å². The summed E-state index contributed by atoms with van der Waals surface area (Å²) in [5.41, 5.74) is 1.95. The Bertz CT molecular complexity index is 393. The van der Waals surface area contributed by atoms with Crippen molar-refractivity contribution in [2.75, 3.05) is 11.9 Å². The molecule has 0 aromatic heterocycles. The largest absolute Gasteiger partial charge is 0.466 e. The van der Waals surface area contributed by atoms with E-state index >= 15 is 0 Å². The Labute approximate surface area is 107 Å². The molecule has 1 unspecified atom stereocenters. The van der Waals surface area contributed by atoms with E-state index in [9.17, 15) is 4.79 Å². The Morgan fingerprint density at radius 1 is 1.53 bits per heavy atom. The number of ether oxygens (including phenoxy) is 1. The van der Waals surface area contributed by atoms with Gasteiger partial charge in [-0.15, -0.1) is 0 Å².